The number of rotatable bonds is 7. The molecule has 5 rings (SSSR count). The quantitative estimate of drug-likeness (QED) is 0.418. The average molecular weight is 513 g/mol. The topological polar surface area (TPSA) is 117 Å². The Morgan fingerprint density at radius 3 is 2.47 bits per heavy atom. The van der Waals surface area contributed by atoms with E-state index in [0.717, 1.165) is 16.7 Å². The van der Waals surface area contributed by atoms with E-state index in [4.69, 9.17) is 4.74 Å². The maximum Gasteiger partial charge on any atom is 0.319 e. The Hall–Kier alpha value is -4.66. The number of anilines is 1. The number of carbonyl (C=O) groups excluding carboxylic acids is 4. The molecule has 2 aliphatic rings. The highest BCUT2D eigenvalue weighted by Crippen LogP contribution is 2.28. The van der Waals surface area contributed by atoms with Gasteiger partial charge in [-0.1, -0.05) is 42.0 Å². The van der Waals surface area contributed by atoms with Crippen LogP contribution in [0.25, 0.3) is 0 Å². The van der Waals surface area contributed by atoms with Gasteiger partial charge in [0.2, 0.25) is 11.8 Å². The summed E-state index contributed by atoms with van der Waals surface area (Å²) in [6.07, 6.45) is 0.531. The molecule has 1 fully saturated rings. The molecule has 9 nitrogen and oxygen atoms in total. The minimum atomic E-state index is -0.653. The summed E-state index contributed by atoms with van der Waals surface area (Å²) in [6, 6.07) is 19.6. The van der Waals surface area contributed by atoms with Crippen molar-refractivity contribution in [2.75, 3.05) is 5.32 Å². The Bertz CT molecular complexity index is 1390. The highest BCUT2D eigenvalue weighted by atomic mass is 16.5. The Balaban J connectivity index is 1.11. The Morgan fingerprint density at radius 2 is 1.74 bits per heavy atom. The van der Waals surface area contributed by atoms with Gasteiger partial charge in [-0.05, 0) is 60.4 Å². The maximum atomic E-state index is 12.8. The molecule has 3 aromatic rings. The zero-order chi connectivity index (χ0) is 26.6. The molecule has 0 aliphatic carbocycles. The lowest BCUT2D eigenvalue weighted by Gasteiger charge is -2.29. The number of nitrogens with one attached hydrogen (secondary N) is 3. The van der Waals surface area contributed by atoms with E-state index in [1.807, 2.05) is 37.3 Å². The zero-order valence-corrected chi connectivity index (χ0v) is 21.0. The number of aryl methyl sites for hydroxylation is 1. The fourth-order valence-corrected chi connectivity index (χ4v) is 4.58. The van der Waals surface area contributed by atoms with Crippen molar-refractivity contribution in [1.82, 2.24) is 15.5 Å². The Morgan fingerprint density at radius 1 is 1.00 bits per heavy atom. The highest BCUT2D eigenvalue weighted by molar-refractivity contribution is 6.05. The van der Waals surface area contributed by atoms with E-state index in [1.165, 1.54) is 10.5 Å². The van der Waals surface area contributed by atoms with Gasteiger partial charge in [0.05, 0.1) is 0 Å². The predicted molar refractivity (Wildman–Crippen MR) is 140 cm³/mol. The molecule has 0 aromatic heterocycles. The standard InChI is InChI=1S/C29H28N4O5/c1-18-2-4-19(5-3-18)17-38-23-9-7-22(8-10-23)31-29(37)30-15-20-6-11-24-21(14-20)16-33(28(24)36)25-12-13-26(34)32-27(25)35/h2-11,14,25H,12-13,15-17H2,1H3,(H2,30,31,37)(H,32,34,35). The molecule has 2 heterocycles. The summed E-state index contributed by atoms with van der Waals surface area (Å²) in [5, 5.41) is 7.92. The number of carbonyl (C=O) groups is 4. The minimum Gasteiger partial charge on any atom is -0.489 e. The summed E-state index contributed by atoms with van der Waals surface area (Å²) in [5.74, 6) is -0.273. The van der Waals surface area contributed by atoms with Crippen LogP contribution in [-0.2, 0) is 29.3 Å². The fraction of sp³-hybridized carbons (Fsp3) is 0.241. The lowest BCUT2D eigenvalue weighted by Crippen LogP contribution is -2.52. The molecule has 1 atom stereocenters. The largest absolute Gasteiger partial charge is 0.489 e. The lowest BCUT2D eigenvalue weighted by molar-refractivity contribution is -0.136. The number of hydrogen-bond acceptors (Lipinski definition) is 5. The number of piperidine rings is 1. The van der Waals surface area contributed by atoms with Gasteiger partial charge in [0, 0.05) is 30.8 Å². The van der Waals surface area contributed by atoms with Crippen LogP contribution in [0, 0.1) is 6.92 Å². The van der Waals surface area contributed by atoms with Crippen LogP contribution in [0.3, 0.4) is 0 Å². The summed E-state index contributed by atoms with van der Waals surface area (Å²) >= 11 is 0. The van der Waals surface area contributed by atoms with Gasteiger partial charge in [-0.25, -0.2) is 4.79 Å². The average Bonchev–Trinajstić information content (AvgIpc) is 3.23. The van der Waals surface area contributed by atoms with E-state index >= 15 is 0 Å². The number of amides is 5. The summed E-state index contributed by atoms with van der Waals surface area (Å²) in [5.41, 5.74) is 5.07. The Labute approximate surface area is 220 Å². The third kappa shape index (κ3) is 5.67. The minimum absolute atomic E-state index is 0.212. The van der Waals surface area contributed by atoms with Crippen molar-refractivity contribution in [2.45, 2.75) is 45.5 Å². The van der Waals surface area contributed by atoms with Crippen LogP contribution in [0.15, 0.2) is 66.7 Å². The van der Waals surface area contributed by atoms with Crippen LogP contribution in [0.4, 0.5) is 10.5 Å². The molecule has 0 spiro atoms. The second kappa shape index (κ2) is 10.8. The molecule has 38 heavy (non-hydrogen) atoms. The number of imide groups is 1. The molecule has 3 aromatic carbocycles. The normalized spacial score (nSPS) is 16.6. The third-order valence-corrected chi connectivity index (χ3v) is 6.68. The van der Waals surface area contributed by atoms with E-state index in [-0.39, 0.29) is 30.8 Å². The summed E-state index contributed by atoms with van der Waals surface area (Å²) in [7, 11) is 0. The van der Waals surface area contributed by atoms with Crippen LogP contribution in [0.5, 0.6) is 5.75 Å². The molecule has 2 aliphatic heterocycles. The van der Waals surface area contributed by atoms with Gasteiger partial charge in [-0.2, -0.15) is 0 Å². The van der Waals surface area contributed by atoms with E-state index in [9.17, 15) is 19.2 Å². The number of hydrogen-bond donors (Lipinski definition) is 3. The van der Waals surface area contributed by atoms with Crippen molar-refractivity contribution < 1.29 is 23.9 Å². The third-order valence-electron chi connectivity index (χ3n) is 6.68. The van der Waals surface area contributed by atoms with Crippen molar-refractivity contribution in [3.05, 3.63) is 94.5 Å². The van der Waals surface area contributed by atoms with Crippen molar-refractivity contribution >= 4 is 29.4 Å². The van der Waals surface area contributed by atoms with Crippen LogP contribution in [-0.4, -0.2) is 34.7 Å². The van der Waals surface area contributed by atoms with Gasteiger partial charge in [-0.15, -0.1) is 0 Å². The fourth-order valence-electron chi connectivity index (χ4n) is 4.58. The monoisotopic (exact) mass is 512 g/mol. The zero-order valence-electron chi connectivity index (χ0n) is 21.0. The summed E-state index contributed by atoms with van der Waals surface area (Å²) in [4.78, 5) is 50.4. The molecule has 0 saturated carbocycles. The molecule has 1 unspecified atom stereocenters. The predicted octanol–water partition coefficient (Wildman–Crippen LogP) is 3.66. The highest BCUT2D eigenvalue weighted by Gasteiger charge is 2.39. The second-order valence-corrected chi connectivity index (χ2v) is 9.50. The van der Waals surface area contributed by atoms with Gasteiger partial charge in [-0.3, -0.25) is 19.7 Å². The van der Waals surface area contributed by atoms with Crippen LogP contribution in [0.1, 0.15) is 45.5 Å². The Kier molecular flexibility index (Phi) is 7.08. The van der Waals surface area contributed by atoms with Crippen molar-refractivity contribution in [3.63, 3.8) is 0 Å². The van der Waals surface area contributed by atoms with Gasteiger partial charge < -0.3 is 20.3 Å². The lowest BCUT2D eigenvalue weighted by atomic mass is 10.0. The smallest absolute Gasteiger partial charge is 0.319 e. The van der Waals surface area contributed by atoms with Crippen molar-refractivity contribution in [3.8, 4) is 5.75 Å². The van der Waals surface area contributed by atoms with E-state index in [1.54, 1.807) is 36.4 Å². The first kappa shape index (κ1) is 25.0. The van der Waals surface area contributed by atoms with E-state index < -0.39 is 11.9 Å². The summed E-state index contributed by atoms with van der Waals surface area (Å²) in [6.45, 7) is 3.06. The molecule has 3 N–H and O–H groups in total. The second-order valence-electron chi connectivity index (χ2n) is 9.50. The number of benzene rings is 3. The summed E-state index contributed by atoms with van der Waals surface area (Å²) < 4.78 is 5.81. The molecule has 194 valence electrons. The van der Waals surface area contributed by atoms with Gasteiger partial charge >= 0.3 is 6.03 Å². The number of nitrogens with zero attached hydrogens (tertiary/aromatic N) is 1. The first-order valence-corrected chi connectivity index (χ1v) is 12.5. The number of fused-ring (bicyclic) bond motifs is 1. The van der Waals surface area contributed by atoms with E-state index in [2.05, 4.69) is 16.0 Å². The van der Waals surface area contributed by atoms with Gasteiger partial charge in [0.1, 0.15) is 18.4 Å². The molecule has 1 saturated heterocycles. The molecule has 9 heteroatoms. The SMILES string of the molecule is Cc1ccc(COc2ccc(NC(=O)NCc3ccc4c(c3)CN(C3CCC(=O)NC3=O)C4=O)cc2)cc1. The van der Waals surface area contributed by atoms with Crippen molar-refractivity contribution in [2.24, 2.45) is 0 Å². The maximum absolute atomic E-state index is 12.8. The van der Waals surface area contributed by atoms with Gasteiger partial charge in [0.15, 0.2) is 0 Å². The molecule has 0 bridgehead atoms. The first-order valence-electron chi connectivity index (χ1n) is 12.5. The molecule has 0 radical (unpaired) electrons. The van der Waals surface area contributed by atoms with E-state index in [0.29, 0.717) is 36.6 Å². The van der Waals surface area contributed by atoms with Crippen molar-refractivity contribution in [1.29, 1.82) is 0 Å². The molecular weight excluding hydrogens is 484 g/mol. The number of urea groups is 1. The molecule has 5 amide bonds. The van der Waals surface area contributed by atoms with Crippen LogP contribution >= 0.6 is 0 Å². The first-order chi connectivity index (χ1) is 18.4. The van der Waals surface area contributed by atoms with Crippen LogP contribution in [0.2, 0.25) is 0 Å². The number of ether oxygens (including phenoxy) is 1. The van der Waals surface area contributed by atoms with Crippen LogP contribution < -0.4 is 20.7 Å². The van der Waals surface area contributed by atoms with Gasteiger partial charge in [0.25, 0.3) is 5.91 Å². The molecular formula is C29H28N4O5.